The van der Waals surface area contributed by atoms with Crippen LogP contribution in [0, 0.1) is 5.92 Å². The third kappa shape index (κ3) is 7.50. The van der Waals surface area contributed by atoms with Crippen molar-refractivity contribution in [3.8, 4) is 34.1 Å². The summed E-state index contributed by atoms with van der Waals surface area (Å²) in [6, 6.07) is 13.6. The average molecular weight is 618 g/mol. The molecule has 0 fully saturated rings. The van der Waals surface area contributed by atoms with Crippen LogP contribution >= 0.6 is 0 Å². The lowest BCUT2D eigenvalue weighted by Crippen LogP contribution is -2.44. The first-order valence-electron chi connectivity index (χ1n) is 15.1. The first-order valence-corrected chi connectivity index (χ1v) is 15.1. The Labute approximate surface area is 264 Å². The SMILES string of the molecule is COc1ccc(CCNC(=O)[C@@H](Nc2ccc3c(cc2=O)[C@@H](NC(C)=O)CCc2cc(OC)c(OC)c(OC)c2-3)C(C)C)cc1. The molecule has 0 aliphatic heterocycles. The number of carbonyl (C=O) groups is 2. The number of benzene rings is 2. The topological polar surface area (TPSA) is 124 Å². The molecule has 0 bridgehead atoms. The van der Waals surface area contributed by atoms with Crippen molar-refractivity contribution >= 4 is 17.5 Å². The van der Waals surface area contributed by atoms with Gasteiger partial charge in [-0.1, -0.05) is 32.0 Å². The molecule has 0 saturated heterocycles. The van der Waals surface area contributed by atoms with E-state index in [-0.39, 0.29) is 28.8 Å². The van der Waals surface area contributed by atoms with Crippen molar-refractivity contribution in [1.82, 2.24) is 10.6 Å². The number of amides is 2. The molecule has 4 rings (SSSR count). The van der Waals surface area contributed by atoms with Gasteiger partial charge in [-0.25, -0.2) is 0 Å². The predicted molar refractivity (Wildman–Crippen MR) is 175 cm³/mol. The summed E-state index contributed by atoms with van der Waals surface area (Å²) < 4.78 is 22.3. The highest BCUT2D eigenvalue weighted by Crippen LogP contribution is 2.50. The molecule has 0 spiro atoms. The summed E-state index contributed by atoms with van der Waals surface area (Å²) in [6.07, 6.45) is 1.80. The van der Waals surface area contributed by atoms with E-state index in [2.05, 4.69) is 16.0 Å². The normalized spacial score (nSPS) is 14.3. The lowest BCUT2D eigenvalue weighted by molar-refractivity contribution is -0.122. The van der Waals surface area contributed by atoms with Gasteiger partial charge in [0.05, 0.1) is 40.2 Å². The summed E-state index contributed by atoms with van der Waals surface area (Å²) in [5, 5.41) is 9.24. The summed E-state index contributed by atoms with van der Waals surface area (Å²) in [4.78, 5) is 39.3. The molecule has 2 amide bonds. The van der Waals surface area contributed by atoms with Crippen molar-refractivity contribution < 1.29 is 28.5 Å². The second-order valence-corrected chi connectivity index (χ2v) is 11.4. The zero-order valence-electron chi connectivity index (χ0n) is 27.0. The second-order valence-electron chi connectivity index (χ2n) is 11.4. The van der Waals surface area contributed by atoms with E-state index in [1.807, 2.05) is 50.2 Å². The second kappa shape index (κ2) is 14.8. The molecule has 3 aromatic rings. The molecule has 10 heteroatoms. The largest absolute Gasteiger partial charge is 0.497 e. The summed E-state index contributed by atoms with van der Waals surface area (Å²) in [5.74, 6) is 1.68. The molecule has 2 atom stereocenters. The summed E-state index contributed by atoms with van der Waals surface area (Å²) in [5.41, 5.74) is 4.11. The van der Waals surface area contributed by atoms with Crippen molar-refractivity contribution in [2.24, 2.45) is 5.92 Å². The predicted octanol–water partition coefficient (Wildman–Crippen LogP) is 4.67. The molecule has 3 aromatic carbocycles. The van der Waals surface area contributed by atoms with Gasteiger partial charge in [-0.05, 0) is 77.8 Å². The highest BCUT2D eigenvalue weighted by molar-refractivity contribution is 5.86. The zero-order valence-corrected chi connectivity index (χ0v) is 27.0. The van der Waals surface area contributed by atoms with Crippen LogP contribution in [-0.4, -0.2) is 52.8 Å². The maximum absolute atomic E-state index is 13.8. The van der Waals surface area contributed by atoms with Crippen LogP contribution < -0.4 is 40.3 Å². The molecule has 45 heavy (non-hydrogen) atoms. The van der Waals surface area contributed by atoms with E-state index in [1.54, 1.807) is 40.6 Å². The van der Waals surface area contributed by atoms with Crippen molar-refractivity contribution in [3.05, 3.63) is 75.4 Å². The first-order chi connectivity index (χ1) is 21.6. The molecule has 3 N–H and O–H groups in total. The molecule has 0 saturated carbocycles. The van der Waals surface area contributed by atoms with Gasteiger partial charge in [-0.3, -0.25) is 14.4 Å². The van der Waals surface area contributed by atoms with E-state index >= 15 is 0 Å². The van der Waals surface area contributed by atoms with Gasteiger partial charge >= 0.3 is 0 Å². The van der Waals surface area contributed by atoms with Crippen molar-refractivity contribution in [1.29, 1.82) is 0 Å². The molecule has 0 unspecified atom stereocenters. The van der Waals surface area contributed by atoms with E-state index in [0.29, 0.717) is 54.2 Å². The smallest absolute Gasteiger partial charge is 0.242 e. The van der Waals surface area contributed by atoms with Crippen LogP contribution in [-0.2, 0) is 22.4 Å². The number of methoxy groups -OCH3 is 4. The minimum absolute atomic E-state index is 0.113. The fourth-order valence-corrected chi connectivity index (χ4v) is 5.76. The van der Waals surface area contributed by atoms with Gasteiger partial charge in [0.25, 0.3) is 0 Å². The van der Waals surface area contributed by atoms with Crippen LogP contribution in [0.4, 0.5) is 5.69 Å². The minimum atomic E-state index is -0.659. The Kier molecular flexibility index (Phi) is 10.9. The summed E-state index contributed by atoms with van der Waals surface area (Å²) >= 11 is 0. The Morgan fingerprint density at radius 1 is 0.911 bits per heavy atom. The van der Waals surface area contributed by atoms with Crippen LogP contribution in [0.25, 0.3) is 11.1 Å². The maximum Gasteiger partial charge on any atom is 0.242 e. The number of carbonyl (C=O) groups excluding carboxylic acids is 2. The third-order valence-corrected chi connectivity index (χ3v) is 8.05. The quantitative estimate of drug-likeness (QED) is 0.268. The standard InChI is InChI=1S/C35H43N3O7/c1-20(2)32(35(41)36-17-16-22-8-11-24(42-4)12-9-22)38-28-15-13-25-26(19-29(28)40)27(37-21(3)39)14-10-23-18-30(43-5)33(44-6)34(45-7)31(23)25/h8-9,11-13,15,18-20,27,32H,10,14,16-17H2,1-7H3,(H,36,41)(H,37,39)(H,38,40)/t27-,32-/m0/s1. The molecule has 0 aromatic heterocycles. The van der Waals surface area contributed by atoms with Gasteiger partial charge in [-0.2, -0.15) is 0 Å². The molecular formula is C35H43N3O7. The monoisotopic (exact) mass is 617 g/mol. The number of rotatable bonds is 12. The van der Waals surface area contributed by atoms with Crippen molar-refractivity contribution in [3.63, 3.8) is 0 Å². The van der Waals surface area contributed by atoms with Gasteiger partial charge in [0, 0.05) is 19.0 Å². The lowest BCUT2D eigenvalue weighted by Gasteiger charge is -2.22. The Bertz CT molecular complexity index is 1590. The Morgan fingerprint density at radius 3 is 2.22 bits per heavy atom. The number of anilines is 1. The first kappa shape index (κ1) is 33.2. The van der Waals surface area contributed by atoms with Crippen LogP contribution in [0.15, 0.2) is 53.3 Å². The van der Waals surface area contributed by atoms with E-state index in [0.717, 1.165) is 22.4 Å². The van der Waals surface area contributed by atoms with Gasteiger partial charge in [0.15, 0.2) is 11.5 Å². The highest BCUT2D eigenvalue weighted by Gasteiger charge is 2.30. The van der Waals surface area contributed by atoms with Gasteiger partial charge < -0.3 is 34.9 Å². The number of nitrogens with one attached hydrogen (secondary N) is 3. The summed E-state index contributed by atoms with van der Waals surface area (Å²) in [7, 11) is 6.29. The average Bonchev–Trinajstić information content (AvgIpc) is 3.26. The molecule has 240 valence electrons. The van der Waals surface area contributed by atoms with Gasteiger partial charge in [0.1, 0.15) is 11.8 Å². The number of fused-ring (bicyclic) bond motifs is 3. The van der Waals surface area contributed by atoms with Gasteiger partial charge in [0.2, 0.25) is 23.0 Å². The number of ether oxygens (including phenoxy) is 4. The molecule has 0 radical (unpaired) electrons. The zero-order chi connectivity index (χ0) is 32.7. The maximum atomic E-state index is 13.8. The van der Waals surface area contributed by atoms with Gasteiger partial charge in [-0.15, -0.1) is 0 Å². The van der Waals surface area contributed by atoms with Crippen LogP contribution in [0.5, 0.6) is 23.0 Å². The molecular weight excluding hydrogens is 574 g/mol. The molecule has 10 nitrogen and oxygen atoms in total. The fraction of sp³-hybridized carbons (Fsp3) is 0.400. The minimum Gasteiger partial charge on any atom is -0.497 e. The van der Waals surface area contributed by atoms with E-state index < -0.39 is 12.1 Å². The van der Waals surface area contributed by atoms with E-state index in [1.165, 1.54) is 6.92 Å². The number of hydrogen-bond donors (Lipinski definition) is 3. The number of aryl methyl sites for hydroxylation is 1. The van der Waals surface area contributed by atoms with E-state index in [4.69, 9.17) is 18.9 Å². The molecule has 1 aliphatic rings. The van der Waals surface area contributed by atoms with Crippen LogP contribution in [0.3, 0.4) is 0 Å². The van der Waals surface area contributed by atoms with E-state index in [9.17, 15) is 14.4 Å². The Hall–Kier alpha value is -4.73. The highest BCUT2D eigenvalue weighted by atomic mass is 16.5. The Balaban J connectivity index is 1.71. The summed E-state index contributed by atoms with van der Waals surface area (Å²) in [6.45, 7) is 5.75. The fourth-order valence-electron chi connectivity index (χ4n) is 5.76. The van der Waals surface area contributed by atoms with Crippen molar-refractivity contribution in [2.75, 3.05) is 40.3 Å². The number of hydrogen-bond acceptors (Lipinski definition) is 8. The van der Waals surface area contributed by atoms with Crippen molar-refractivity contribution in [2.45, 2.75) is 52.1 Å². The van der Waals surface area contributed by atoms with Crippen LogP contribution in [0.1, 0.15) is 49.9 Å². The molecule has 0 heterocycles. The Morgan fingerprint density at radius 2 is 1.62 bits per heavy atom. The third-order valence-electron chi connectivity index (χ3n) is 8.05. The lowest BCUT2D eigenvalue weighted by atomic mass is 9.95. The van der Waals surface area contributed by atoms with Crippen LogP contribution in [0.2, 0.25) is 0 Å². The molecule has 1 aliphatic carbocycles.